The molecular weight excluding hydrogens is 309 g/mol. The summed E-state index contributed by atoms with van der Waals surface area (Å²) in [5, 5.41) is 6.42. The Morgan fingerprint density at radius 2 is 2.05 bits per heavy atom. The molecule has 1 aliphatic heterocycles. The van der Waals surface area contributed by atoms with Gasteiger partial charge >= 0.3 is 0 Å². The van der Waals surface area contributed by atoms with E-state index in [1.54, 1.807) is 0 Å². The van der Waals surface area contributed by atoms with Crippen LogP contribution in [-0.4, -0.2) is 43.5 Å². The lowest BCUT2D eigenvalue weighted by Gasteiger charge is -2.27. The largest absolute Gasteiger partial charge is 0.350 e. The molecule has 120 valence electrons. The average molecular weight is 334 g/mol. The first-order chi connectivity index (χ1) is 9.22. The standard InChI is InChI=1S/C15H23N3O.2ClH/c1-3-18(2)14(12-7-5-4-6-8-12)15(19)17-13-9-10-16-11-13;;/h4-8,13-14,16H,3,9-11H2,1-2H3,(H,17,19);2*1H. The van der Waals surface area contributed by atoms with Gasteiger partial charge in [0.25, 0.3) is 0 Å². The topological polar surface area (TPSA) is 44.4 Å². The Bertz CT molecular complexity index is 411. The molecule has 0 radical (unpaired) electrons. The second kappa shape index (κ2) is 10.0. The highest BCUT2D eigenvalue weighted by Gasteiger charge is 2.26. The monoisotopic (exact) mass is 333 g/mol. The van der Waals surface area contributed by atoms with Crippen molar-refractivity contribution in [3.05, 3.63) is 35.9 Å². The van der Waals surface area contributed by atoms with Gasteiger partial charge in [0, 0.05) is 12.6 Å². The lowest BCUT2D eigenvalue weighted by molar-refractivity contribution is -0.126. The van der Waals surface area contributed by atoms with Crippen LogP contribution in [0.15, 0.2) is 30.3 Å². The first kappa shape index (κ1) is 20.2. The summed E-state index contributed by atoms with van der Waals surface area (Å²) in [5.74, 6) is 0.101. The van der Waals surface area contributed by atoms with Gasteiger partial charge in [-0.05, 0) is 32.1 Å². The van der Waals surface area contributed by atoms with E-state index in [0.29, 0.717) is 0 Å². The zero-order valence-electron chi connectivity index (χ0n) is 12.5. The van der Waals surface area contributed by atoms with Gasteiger partial charge in [0.1, 0.15) is 6.04 Å². The normalized spacial score (nSPS) is 18.5. The van der Waals surface area contributed by atoms with E-state index in [0.717, 1.165) is 31.6 Å². The molecule has 1 aromatic rings. The molecule has 21 heavy (non-hydrogen) atoms. The summed E-state index contributed by atoms with van der Waals surface area (Å²) in [4.78, 5) is 14.6. The minimum absolute atomic E-state index is 0. The van der Waals surface area contributed by atoms with Gasteiger partial charge in [-0.15, -0.1) is 24.8 Å². The number of nitrogens with one attached hydrogen (secondary N) is 2. The van der Waals surface area contributed by atoms with Crippen LogP contribution in [0.3, 0.4) is 0 Å². The average Bonchev–Trinajstić information content (AvgIpc) is 2.93. The Morgan fingerprint density at radius 1 is 1.38 bits per heavy atom. The fourth-order valence-electron chi connectivity index (χ4n) is 2.48. The van der Waals surface area contributed by atoms with Crippen LogP contribution < -0.4 is 10.6 Å². The van der Waals surface area contributed by atoms with Crippen molar-refractivity contribution in [1.82, 2.24) is 15.5 Å². The van der Waals surface area contributed by atoms with Crippen LogP contribution in [-0.2, 0) is 4.79 Å². The van der Waals surface area contributed by atoms with Crippen molar-refractivity contribution in [3.63, 3.8) is 0 Å². The Kier molecular flexibility index (Phi) is 9.62. The molecule has 0 bridgehead atoms. The molecular formula is C15H25Cl2N3O. The van der Waals surface area contributed by atoms with Crippen molar-refractivity contribution >= 4 is 30.7 Å². The first-order valence-electron chi connectivity index (χ1n) is 6.98. The van der Waals surface area contributed by atoms with Gasteiger partial charge in [0.05, 0.1) is 0 Å². The minimum atomic E-state index is -0.202. The maximum absolute atomic E-state index is 12.5. The summed E-state index contributed by atoms with van der Waals surface area (Å²) >= 11 is 0. The number of amides is 1. The van der Waals surface area contributed by atoms with Gasteiger partial charge in [-0.1, -0.05) is 37.3 Å². The summed E-state index contributed by atoms with van der Waals surface area (Å²) in [5.41, 5.74) is 1.05. The minimum Gasteiger partial charge on any atom is -0.350 e. The molecule has 2 rings (SSSR count). The third-order valence-electron chi connectivity index (χ3n) is 3.71. The highest BCUT2D eigenvalue weighted by molar-refractivity contribution is 5.85. The molecule has 1 saturated heterocycles. The van der Waals surface area contributed by atoms with E-state index in [1.807, 2.05) is 37.4 Å². The quantitative estimate of drug-likeness (QED) is 0.866. The number of carbonyl (C=O) groups is 1. The molecule has 2 unspecified atom stereocenters. The van der Waals surface area contributed by atoms with Crippen molar-refractivity contribution < 1.29 is 4.79 Å². The molecule has 0 spiro atoms. The Labute approximate surface area is 139 Å². The third kappa shape index (κ3) is 5.47. The first-order valence-corrected chi connectivity index (χ1v) is 6.98. The second-order valence-electron chi connectivity index (χ2n) is 5.08. The Morgan fingerprint density at radius 3 is 2.57 bits per heavy atom. The number of benzene rings is 1. The molecule has 1 fully saturated rings. The molecule has 1 aromatic carbocycles. The Hall–Kier alpha value is -0.810. The van der Waals surface area contributed by atoms with Crippen LogP contribution >= 0.6 is 24.8 Å². The molecule has 6 heteroatoms. The molecule has 0 saturated carbocycles. The van der Waals surface area contributed by atoms with Gasteiger partial charge in [-0.3, -0.25) is 9.69 Å². The molecule has 1 aliphatic rings. The van der Waals surface area contributed by atoms with E-state index in [2.05, 4.69) is 22.5 Å². The number of nitrogens with zero attached hydrogens (tertiary/aromatic N) is 1. The van der Waals surface area contributed by atoms with Gasteiger partial charge in [-0.25, -0.2) is 0 Å². The number of rotatable bonds is 5. The molecule has 4 nitrogen and oxygen atoms in total. The summed E-state index contributed by atoms with van der Waals surface area (Å²) in [6, 6.07) is 10.0. The Balaban J connectivity index is 0.00000200. The van der Waals surface area contributed by atoms with Crippen LogP contribution in [0, 0.1) is 0 Å². The van der Waals surface area contributed by atoms with Gasteiger partial charge < -0.3 is 10.6 Å². The van der Waals surface area contributed by atoms with Crippen molar-refractivity contribution in [2.75, 3.05) is 26.7 Å². The third-order valence-corrected chi connectivity index (χ3v) is 3.71. The number of halogens is 2. The zero-order chi connectivity index (χ0) is 13.7. The highest BCUT2D eigenvalue weighted by atomic mass is 35.5. The SMILES string of the molecule is CCN(C)C(C(=O)NC1CCNC1)c1ccccc1.Cl.Cl. The number of likely N-dealkylation sites (N-methyl/N-ethyl adjacent to an activating group) is 1. The van der Waals surface area contributed by atoms with Crippen molar-refractivity contribution in [1.29, 1.82) is 0 Å². The van der Waals surface area contributed by atoms with E-state index < -0.39 is 0 Å². The summed E-state index contributed by atoms with van der Waals surface area (Å²) < 4.78 is 0. The van der Waals surface area contributed by atoms with Crippen LogP contribution in [0.25, 0.3) is 0 Å². The zero-order valence-corrected chi connectivity index (χ0v) is 14.2. The maximum Gasteiger partial charge on any atom is 0.242 e. The molecule has 0 aromatic heterocycles. The van der Waals surface area contributed by atoms with Crippen molar-refractivity contribution in [3.8, 4) is 0 Å². The number of hydrogen-bond donors (Lipinski definition) is 2. The lowest BCUT2D eigenvalue weighted by atomic mass is 10.0. The lowest BCUT2D eigenvalue weighted by Crippen LogP contribution is -2.44. The van der Waals surface area contributed by atoms with Gasteiger partial charge in [0.2, 0.25) is 5.91 Å². The molecule has 1 heterocycles. The van der Waals surface area contributed by atoms with Crippen LogP contribution in [0.4, 0.5) is 0 Å². The predicted octanol–water partition coefficient (Wildman–Crippen LogP) is 2.00. The fourth-order valence-corrected chi connectivity index (χ4v) is 2.48. The van der Waals surface area contributed by atoms with E-state index in [1.165, 1.54) is 0 Å². The maximum atomic E-state index is 12.5. The molecule has 0 aliphatic carbocycles. The van der Waals surface area contributed by atoms with Crippen molar-refractivity contribution in [2.24, 2.45) is 0 Å². The van der Waals surface area contributed by atoms with Gasteiger partial charge in [-0.2, -0.15) is 0 Å². The van der Waals surface area contributed by atoms with E-state index in [4.69, 9.17) is 0 Å². The number of carbonyl (C=O) groups excluding carboxylic acids is 1. The van der Waals surface area contributed by atoms with E-state index in [-0.39, 0.29) is 42.8 Å². The van der Waals surface area contributed by atoms with Crippen LogP contribution in [0.1, 0.15) is 24.9 Å². The highest BCUT2D eigenvalue weighted by Crippen LogP contribution is 2.19. The summed E-state index contributed by atoms with van der Waals surface area (Å²) in [6.07, 6.45) is 1.02. The predicted molar refractivity (Wildman–Crippen MR) is 91.4 cm³/mol. The molecule has 1 amide bonds. The number of hydrogen-bond acceptors (Lipinski definition) is 3. The van der Waals surface area contributed by atoms with Gasteiger partial charge in [0.15, 0.2) is 0 Å². The summed E-state index contributed by atoms with van der Waals surface area (Å²) in [6.45, 7) is 4.78. The molecule has 2 N–H and O–H groups in total. The van der Waals surface area contributed by atoms with E-state index >= 15 is 0 Å². The van der Waals surface area contributed by atoms with Crippen LogP contribution in [0.2, 0.25) is 0 Å². The molecule has 2 atom stereocenters. The second-order valence-corrected chi connectivity index (χ2v) is 5.08. The fraction of sp³-hybridized carbons (Fsp3) is 0.533. The smallest absolute Gasteiger partial charge is 0.242 e. The van der Waals surface area contributed by atoms with Crippen LogP contribution in [0.5, 0.6) is 0 Å². The van der Waals surface area contributed by atoms with Crippen molar-refractivity contribution in [2.45, 2.75) is 25.4 Å². The summed E-state index contributed by atoms with van der Waals surface area (Å²) in [7, 11) is 1.99. The van der Waals surface area contributed by atoms with E-state index in [9.17, 15) is 4.79 Å².